The molecule has 0 amide bonds. The first-order valence-electron chi connectivity index (χ1n) is 14.9. The predicted octanol–water partition coefficient (Wildman–Crippen LogP) is 4.25. The van der Waals surface area contributed by atoms with Crippen molar-refractivity contribution in [3.63, 3.8) is 0 Å². The number of nitrogens with zero attached hydrogens (tertiary/aromatic N) is 7. The lowest BCUT2D eigenvalue weighted by molar-refractivity contribution is -0.159. The van der Waals surface area contributed by atoms with Crippen LogP contribution in [0.4, 0.5) is 20.4 Å². The van der Waals surface area contributed by atoms with Crippen LogP contribution in [-0.4, -0.2) is 78.5 Å². The van der Waals surface area contributed by atoms with E-state index in [4.69, 9.17) is 0 Å². The summed E-state index contributed by atoms with van der Waals surface area (Å²) >= 11 is 0. The number of hydrogen-bond donors (Lipinski definition) is 2. The van der Waals surface area contributed by atoms with Crippen molar-refractivity contribution in [3.8, 4) is 5.82 Å². The minimum Gasteiger partial charge on any atom is -0.384 e. The number of nitrogens with one attached hydrogen (secondary N) is 1. The SMILES string of the molecule is C=CCn1c(=O)c2cnc(Nc3ccc(C(F)(F)C4C(N(C)C)C5CCN4CC5)cc3)nc2n1-c1cccc(C(C)(C)O)n1. The Morgan fingerprint density at radius 2 is 1.82 bits per heavy atom. The molecule has 4 aromatic rings. The summed E-state index contributed by atoms with van der Waals surface area (Å²) in [5.41, 5.74) is -0.301. The number of likely N-dealkylation sites (N-methyl/N-ethyl adjacent to an activating group) is 1. The number of pyridine rings is 1. The minimum atomic E-state index is -3.03. The Kier molecular flexibility index (Phi) is 7.63. The summed E-state index contributed by atoms with van der Waals surface area (Å²) in [5, 5.41) is 13.9. The topological polar surface area (TPSA) is 104 Å². The fourth-order valence-electron chi connectivity index (χ4n) is 6.73. The van der Waals surface area contributed by atoms with E-state index in [0.29, 0.717) is 35.9 Å². The average molecular weight is 605 g/mol. The van der Waals surface area contributed by atoms with Crippen LogP contribution < -0.4 is 10.9 Å². The van der Waals surface area contributed by atoms with Gasteiger partial charge in [0.15, 0.2) is 11.5 Å². The van der Waals surface area contributed by atoms with Crippen molar-refractivity contribution in [2.24, 2.45) is 5.92 Å². The van der Waals surface area contributed by atoms with Crippen molar-refractivity contribution in [2.75, 3.05) is 32.5 Å². The number of aromatic nitrogens is 5. The number of alkyl halides is 2. The molecule has 2 bridgehead atoms. The summed E-state index contributed by atoms with van der Waals surface area (Å²) in [7, 11) is 3.79. The van der Waals surface area contributed by atoms with E-state index in [0.717, 1.165) is 12.8 Å². The van der Waals surface area contributed by atoms with E-state index >= 15 is 8.78 Å². The molecule has 6 heterocycles. The second kappa shape index (κ2) is 11.2. The standard InChI is InChI=1S/C32H38F2N8O2/c1-6-16-41-29(43)23-19-35-30(38-28(23)42(41)25-9-7-8-24(37-25)31(2,3)44)36-22-12-10-21(11-13-22)32(33,34)27-26(39(4)5)20-14-17-40(27)18-15-20/h6-13,19-20,26-27,44H,1,14-18H2,2-5H3,(H,35,36,38). The van der Waals surface area contributed by atoms with Gasteiger partial charge in [-0.3, -0.25) is 9.69 Å². The van der Waals surface area contributed by atoms with Crippen LogP contribution >= 0.6 is 0 Å². The highest BCUT2D eigenvalue weighted by molar-refractivity contribution is 5.77. The molecule has 1 aromatic carbocycles. The van der Waals surface area contributed by atoms with Gasteiger partial charge >= 0.3 is 0 Å². The van der Waals surface area contributed by atoms with Gasteiger partial charge in [-0.05, 0) is 84.1 Å². The van der Waals surface area contributed by atoms with Gasteiger partial charge in [-0.15, -0.1) is 6.58 Å². The Labute approximate surface area is 254 Å². The molecule has 2 N–H and O–H groups in total. The molecule has 3 aliphatic rings. The molecule has 3 aliphatic heterocycles. The number of anilines is 2. The first-order valence-corrected chi connectivity index (χ1v) is 14.9. The van der Waals surface area contributed by atoms with Gasteiger partial charge in [-0.25, -0.2) is 19.3 Å². The molecule has 232 valence electrons. The van der Waals surface area contributed by atoms with E-state index < -0.39 is 17.6 Å². The molecule has 2 unspecified atom stereocenters. The lowest BCUT2D eigenvalue weighted by atomic mass is 9.74. The van der Waals surface area contributed by atoms with Crippen LogP contribution in [-0.2, 0) is 18.1 Å². The van der Waals surface area contributed by atoms with Crippen molar-refractivity contribution in [2.45, 2.75) is 56.8 Å². The summed E-state index contributed by atoms with van der Waals surface area (Å²) in [6.45, 7) is 8.62. The fraction of sp³-hybridized carbons (Fsp3) is 0.438. The molecule has 44 heavy (non-hydrogen) atoms. The molecule has 0 aliphatic carbocycles. The Bertz CT molecular complexity index is 1730. The monoisotopic (exact) mass is 604 g/mol. The second-order valence-corrected chi connectivity index (χ2v) is 12.5. The number of rotatable bonds is 9. The number of aliphatic hydroxyl groups is 1. The van der Waals surface area contributed by atoms with Crippen LogP contribution in [0.25, 0.3) is 16.9 Å². The molecule has 3 aromatic heterocycles. The Morgan fingerprint density at radius 1 is 1.11 bits per heavy atom. The molecule has 2 atom stereocenters. The van der Waals surface area contributed by atoms with Crippen LogP contribution in [0.3, 0.4) is 0 Å². The van der Waals surface area contributed by atoms with Crippen LogP contribution in [0.2, 0.25) is 0 Å². The number of piperidine rings is 3. The van der Waals surface area contributed by atoms with Gasteiger partial charge in [0.05, 0.1) is 18.3 Å². The van der Waals surface area contributed by atoms with Crippen LogP contribution in [0.1, 0.15) is 37.9 Å². The Balaban J connectivity index is 1.32. The summed E-state index contributed by atoms with van der Waals surface area (Å²) in [5.74, 6) is -2.19. The highest BCUT2D eigenvalue weighted by Crippen LogP contribution is 2.46. The molecule has 0 radical (unpaired) electrons. The van der Waals surface area contributed by atoms with Gasteiger partial charge in [0.25, 0.3) is 11.5 Å². The molecule has 3 fully saturated rings. The summed E-state index contributed by atoms with van der Waals surface area (Å²) in [4.78, 5) is 30.7. The Morgan fingerprint density at radius 3 is 2.45 bits per heavy atom. The van der Waals surface area contributed by atoms with Gasteiger partial charge < -0.3 is 15.3 Å². The summed E-state index contributed by atoms with van der Waals surface area (Å²) in [6.07, 6.45) is 4.93. The maximum Gasteiger partial charge on any atom is 0.289 e. The number of fused-ring (bicyclic) bond motifs is 4. The van der Waals surface area contributed by atoms with E-state index in [-0.39, 0.29) is 41.0 Å². The average Bonchev–Trinajstić information content (AvgIpc) is 3.27. The van der Waals surface area contributed by atoms with E-state index in [2.05, 4.69) is 26.8 Å². The van der Waals surface area contributed by atoms with Crippen molar-refractivity contribution in [1.29, 1.82) is 0 Å². The maximum absolute atomic E-state index is 16.1. The van der Waals surface area contributed by atoms with Crippen molar-refractivity contribution in [3.05, 3.63) is 82.9 Å². The highest BCUT2D eigenvalue weighted by Gasteiger charge is 2.55. The predicted molar refractivity (Wildman–Crippen MR) is 166 cm³/mol. The largest absolute Gasteiger partial charge is 0.384 e. The first-order chi connectivity index (χ1) is 20.9. The van der Waals surface area contributed by atoms with Gasteiger partial charge in [-0.1, -0.05) is 24.3 Å². The zero-order valence-corrected chi connectivity index (χ0v) is 25.4. The quantitative estimate of drug-likeness (QED) is 0.274. The smallest absolute Gasteiger partial charge is 0.289 e. The highest BCUT2D eigenvalue weighted by atomic mass is 19.3. The second-order valence-electron chi connectivity index (χ2n) is 12.5. The number of allylic oxidation sites excluding steroid dienone is 1. The van der Waals surface area contributed by atoms with E-state index in [1.54, 1.807) is 54.9 Å². The Hall–Kier alpha value is -4.00. The maximum atomic E-state index is 16.1. The van der Waals surface area contributed by atoms with Crippen LogP contribution in [0.15, 0.2) is 66.1 Å². The first kappa shape index (κ1) is 30.0. The van der Waals surface area contributed by atoms with E-state index in [1.807, 2.05) is 23.9 Å². The lowest BCUT2D eigenvalue weighted by Gasteiger charge is -2.55. The van der Waals surface area contributed by atoms with Gasteiger partial charge in [0, 0.05) is 23.5 Å². The molecular formula is C32H38F2N8O2. The summed E-state index contributed by atoms with van der Waals surface area (Å²) in [6, 6.07) is 10.2. The fourth-order valence-corrected chi connectivity index (χ4v) is 6.73. The minimum absolute atomic E-state index is 0.0306. The zero-order chi connectivity index (χ0) is 31.4. The third-order valence-electron chi connectivity index (χ3n) is 8.82. The molecule has 0 saturated carbocycles. The summed E-state index contributed by atoms with van der Waals surface area (Å²) < 4.78 is 35.2. The van der Waals surface area contributed by atoms with Crippen LogP contribution in [0, 0.1) is 5.92 Å². The zero-order valence-electron chi connectivity index (χ0n) is 25.4. The molecule has 0 spiro atoms. The third kappa shape index (κ3) is 5.20. The molecule has 10 nitrogen and oxygen atoms in total. The van der Waals surface area contributed by atoms with Crippen LogP contribution in [0.5, 0.6) is 0 Å². The van der Waals surface area contributed by atoms with Gasteiger partial charge in [0.2, 0.25) is 5.95 Å². The number of benzene rings is 1. The number of hydrogen-bond acceptors (Lipinski definition) is 8. The molecule has 7 rings (SSSR count). The van der Waals surface area contributed by atoms with Crippen molar-refractivity contribution < 1.29 is 13.9 Å². The van der Waals surface area contributed by atoms with E-state index in [9.17, 15) is 9.90 Å². The van der Waals surface area contributed by atoms with E-state index in [1.165, 1.54) is 23.0 Å². The van der Waals surface area contributed by atoms with Gasteiger partial charge in [-0.2, -0.15) is 13.8 Å². The van der Waals surface area contributed by atoms with Crippen molar-refractivity contribution >= 4 is 22.7 Å². The van der Waals surface area contributed by atoms with Crippen molar-refractivity contribution in [1.82, 2.24) is 34.1 Å². The molecule has 3 saturated heterocycles. The molecular weight excluding hydrogens is 566 g/mol. The normalized spacial score (nSPS) is 22.1. The van der Waals surface area contributed by atoms with Gasteiger partial charge in [0.1, 0.15) is 11.0 Å². The molecule has 12 heteroatoms. The third-order valence-corrected chi connectivity index (χ3v) is 8.82. The lowest BCUT2D eigenvalue weighted by Crippen LogP contribution is -2.67. The number of halogens is 2.